The first kappa shape index (κ1) is 16.5. The molecular weight excluding hydrogens is 314 g/mol. The first-order valence-corrected chi connectivity index (χ1v) is 8.17. The predicted octanol–water partition coefficient (Wildman–Crippen LogP) is 1.79. The zero-order valence-corrected chi connectivity index (χ0v) is 12.9. The highest BCUT2D eigenvalue weighted by Crippen LogP contribution is 2.16. The molecule has 0 aliphatic heterocycles. The number of para-hydroxylation sites is 1. The van der Waals surface area contributed by atoms with E-state index in [2.05, 4.69) is 4.72 Å². The third-order valence-electron chi connectivity index (χ3n) is 2.95. The summed E-state index contributed by atoms with van der Waals surface area (Å²) in [6.45, 7) is 0.149. The zero-order chi connectivity index (χ0) is 16.7. The Balaban J connectivity index is 1.92. The Morgan fingerprint density at radius 1 is 1.00 bits per heavy atom. The van der Waals surface area contributed by atoms with Crippen LogP contribution in [-0.2, 0) is 10.0 Å². The number of rotatable bonds is 6. The van der Waals surface area contributed by atoms with Gasteiger partial charge in [0, 0.05) is 6.54 Å². The fraction of sp³-hybridized carbons (Fsp3) is 0.125. The minimum atomic E-state index is -3.66. The fourth-order valence-electron chi connectivity index (χ4n) is 1.81. The normalized spacial score (nSPS) is 10.5. The lowest BCUT2D eigenvalue weighted by molar-refractivity contribution is 0.322. The van der Waals surface area contributed by atoms with Gasteiger partial charge in [0.15, 0.2) is 0 Å². The van der Waals surface area contributed by atoms with Crippen LogP contribution in [0.1, 0.15) is 11.1 Å². The van der Waals surface area contributed by atoms with Crippen LogP contribution < -0.4 is 9.46 Å². The minimum absolute atomic E-state index is 0.0576. The highest BCUT2D eigenvalue weighted by atomic mass is 32.2. The number of ether oxygens (including phenoxy) is 1. The number of nitrogens with zero attached hydrogens (tertiary/aromatic N) is 2. The van der Waals surface area contributed by atoms with Crippen LogP contribution in [0.2, 0.25) is 0 Å². The molecule has 1 N–H and O–H groups in total. The summed E-state index contributed by atoms with van der Waals surface area (Å²) < 4.78 is 31.9. The topological polar surface area (TPSA) is 103 Å². The number of hydrogen-bond acceptors (Lipinski definition) is 5. The van der Waals surface area contributed by atoms with Gasteiger partial charge in [-0.15, -0.1) is 0 Å². The Morgan fingerprint density at radius 3 is 2.35 bits per heavy atom. The summed E-state index contributed by atoms with van der Waals surface area (Å²) in [5.41, 5.74) is 0.780. The van der Waals surface area contributed by atoms with Crippen LogP contribution in [0.4, 0.5) is 0 Å². The molecule has 7 heteroatoms. The molecule has 116 valence electrons. The van der Waals surface area contributed by atoms with Crippen LogP contribution in [-0.4, -0.2) is 21.6 Å². The number of nitrogens with one attached hydrogen (secondary N) is 1. The van der Waals surface area contributed by atoms with E-state index >= 15 is 0 Å². The van der Waals surface area contributed by atoms with Crippen molar-refractivity contribution in [2.24, 2.45) is 0 Å². The maximum Gasteiger partial charge on any atom is 0.240 e. The highest BCUT2D eigenvalue weighted by molar-refractivity contribution is 7.89. The maximum absolute atomic E-state index is 12.1. The smallest absolute Gasteiger partial charge is 0.240 e. The molecule has 0 unspecified atom stereocenters. The van der Waals surface area contributed by atoms with Crippen molar-refractivity contribution < 1.29 is 13.2 Å². The van der Waals surface area contributed by atoms with E-state index in [0.29, 0.717) is 16.9 Å². The van der Waals surface area contributed by atoms with Crippen LogP contribution in [0, 0.1) is 22.7 Å². The Bertz CT molecular complexity index is 863. The van der Waals surface area contributed by atoms with E-state index in [4.69, 9.17) is 15.3 Å². The second kappa shape index (κ2) is 7.41. The molecule has 0 amide bonds. The van der Waals surface area contributed by atoms with Gasteiger partial charge in [0.2, 0.25) is 10.0 Å². The highest BCUT2D eigenvalue weighted by Gasteiger charge is 2.13. The van der Waals surface area contributed by atoms with Crippen LogP contribution in [0.15, 0.2) is 53.4 Å². The predicted molar refractivity (Wildman–Crippen MR) is 83.0 cm³/mol. The summed E-state index contributed by atoms with van der Waals surface area (Å²) in [6, 6.07) is 16.3. The van der Waals surface area contributed by atoms with Gasteiger partial charge in [-0.25, -0.2) is 13.1 Å². The minimum Gasteiger partial charge on any atom is -0.491 e. The summed E-state index contributed by atoms with van der Waals surface area (Å²) in [5, 5.41) is 17.6. The molecule has 0 aliphatic rings. The van der Waals surface area contributed by atoms with Crippen molar-refractivity contribution in [1.29, 1.82) is 10.5 Å². The molecule has 0 spiro atoms. The van der Waals surface area contributed by atoms with Crippen molar-refractivity contribution in [3.63, 3.8) is 0 Å². The van der Waals surface area contributed by atoms with Gasteiger partial charge in [0.1, 0.15) is 18.4 Å². The molecular formula is C16H13N3O3S. The lowest BCUT2D eigenvalue weighted by Gasteiger charge is -2.09. The van der Waals surface area contributed by atoms with Crippen molar-refractivity contribution in [2.75, 3.05) is 13.2 Å². The fourth-order valence-corrected chi connectivity index (χ4v) is 2.83. The van der Waals surface area contributed by atoms with Crippen molar-refractivity contribution in [3.05, 3.63) is 59.7 Å². The largest absolute Gasteiger partial charge is 0.491 e. The summed E-state index contributed by atoms with van der Waals surface area (Å²) in [7, 11) is -3.66. The van der Waals surface area contributed by atoms with E-state index in [9.17, 15) is 8.42 Å². The van der Waals surface area contributed by atoms with E-state index in [0.717, 1.165) is 0 Å². The van der Waals surface area contributed by atoms with Crippen LogP contribution in [0.25, 0.3) is 0 Å². The van der Waals surface area contributed by atoms with E-state index in [1.807, 2.05) is 12.1 Å². The second-order valence-electron chi connectivity index (χ2n) is 4.49. The monoisotopic (exact) mass is 327 g/mol. The maximum atomic E-state index is 12.1. The summed E-state index contributed by atoms with van der Waals surface area (Å²) in [5.74, 6) is 0.410. The molecule has 0 saturated heterocycles. The molecule has 0 atom stereocenters. The number of hydrogen-bond donors (Lipinski definition) is 1. The molecule has 0 radical (unpaired) electrons. The number of nitriles is 2. The van der Waals surface area contributed by atoms with Gasteiger partial charge < -0.3 is 4.74 Å². The molecule has 6 nitrogen and oxygen atoms in total. The lowest BCUT2D eigenvalue weighted by Crippen LogP contribution is -2.28. The van der Waals surface area contributed by atoms with Gasteiger partial charge >= 0.3 is 0 Å². The SMILES string of the molecule is N#Cc1ccc(S(=O)(=O)NCCOc2ccccc2C#N)cc1. The number of sulfonamides is 1. The van der Waals surface area contributed by atoms with Gasteiger partial charge in [-0.2, -0.15) is 10.5 Å². The Morgan fingerprint density at radius 2 is 1.70 bits per heavy atom. The average Bonchev–Trinajstić information content (AvgIpc) is 2.59. The Labute approximate surface area is 134 Å². The standard InChI is InChI=1S/C16H13N3O3S/c17-11-13-5-7-15(8-6-13)23(20,21)19-9-10-22-16-4-2-1-3-14(16)12-18/h1-8,19H,9-10H2. The van der Waals surface area contributed by atoms with E-state index in [1.54, 1.807) is 24.3 Å². The molecule has 2 aromatic rings. The third kappa shape index (κ3) is 4.30. The molecule has 0 aromatic heterocycles. The summed E-state index contributed by atoms with van der Waals surface area (Å²) in [6.07, 6.45) is 0. The van der Waals surface area contributed by atoms with Crippen molar-refractivity contribution in [2.45, 2.75) is 4.90 Å². The summed E-state index contributed by atoms with van der Waals surface area (Å²) in [4.78, 5) is 0.0777. The third-order valence-corrected chi connectivity index (χ3v) is 4.43. The van der Waals surface area contributed by atoms with Crippen molar-refractivity contribution in [1.82, 2.24) is 4.72 Å². The molecule has 0 saturated carbocycles. The molecule has 23 heavy (non-hydrogen) atoms. The quantitative estimate of drug-likeness (QED) is 0.815. The Hall–Kier alpha value is -2.87. The second-order valence-corrected chi connectivity index (χ2v) is 6.26. The van der Waals surface area contributed by atoms with E-state index < -0.39 is 10.0 Å². The number of benzene rings is 2. The molecule has 2 aromatic carbocycles. The van der Waals surface area contributed by atoms with E-state index in [1.165, 1.54) is 24.3 Å². The summed E-state index contributed by atoms with van der Waals surface area (Å²) >= 11 is 0. The first-order chi connectivity index (χ1) is 11.1. The average molecular weight is 327 g/mol. The van der Waals surface area contributed by atoms with Gasteiger partial charge in [0.05, 0.1) is 22.1 Å². The van der Waals surface area contributed by atoms with Crippen molar-refractivity contribution in [3.8, 4) is 17.9 Å². The van der Waals surface area contributed by atoms with Crippen LogP contribution >= 0.6 is 0 Å². The molecule has 0 fully saturated rings. The van der Waals surface area contributed by atoms with E-state index in [-0.39, 0.29) is 18.0 Å². The molecule has 0 heterocycles. The van der Waals surface area contributed by atoms with Gasteiger partial charge in [-0.1, -0.05) is 12.1 Å². The van der Waals surface area contributed by atoms with Gasteiger partial charge in [-0.05, 0) is 36.4 Å². The Kier molecular flexibility index (Phi) is 5.32. The van der Waals surface area contributed by atoms with Crippen LogP contribution in [0.5, 0.6) is 5.75 Å². The molecule has 0 aliphatic carbocycles. The van der Waals surface area contributed by atoms with Crippen molar-refractivity contribution >= 4 is 10.0 Å². The zero-order valence-electron chi connectivity index (χ0n) is 12.1. The lowest BCUT2D eigenvalue weighted by atomic mass is 10.2. The molecule has 0 bridgehead atoms. The van der Waals surface area contributed by atoms with Gasteiger partial charge in [-0.3, -0.25) is 0 Å². The van der Waals surface area contributed by atoms with Crippen LogP contribution in [0.3, 0.4) is 0 Å². The first-order valence-electron chi connectivity index (χ1n) is 6.68. The molecule has 2 rings (SSSR count). The van der Waals surface area contributed by atoms with Gasteiger partial charge in [0.25, 0.3) is 0 Å².